The molecular formula is C17H21ClN3O3S+. The molecule has 1 aromatic carbocycles. The molecule has 1 N–H and O–H groups in total. The lowest BCUT2D eigenvalue weighted by molar-refractivity contribution is -0.930. The van der Waals surface area contributed by atoms with Gasteiger partial charge in [0.2, 0.25) is 5.89 Å². The van der Waals surface area contributed by atoms with E-state index in [9.17, 15) is 4.79 Å². The Balaban J connectivity index is 1.71. The van der Waals surface area contributed by atoms with Gasteiger partial charge in [-0.2, -0.15) is 4.68 Å². The molecule has 0 spiro atoms. The minimum Gasteiger partial charge on any atom is -0.466 e. The molecule has 134 valence electrons. The summed E-state index contributed by atoms with van der Waals surface area (Å²) in [5.41, 5.74) is 0.787. The monoisotopic (exact) mass is 382 g/mol. The van der Waals surface area contributed by atoms with Crippen molar-refractivity contribution in [1.29, 1.82) is 0 Å². The van der Waals surface area contributed by atoms with Crippen molar-refractivity contribution in [3.63, 3.8) is 0 Å². The van der Waals surface area contributed by atoms with E-state index in [0.717, 1.165) is 31.5 Å². The van der Waals surface area contributed by atoms with E-state index in [1.54, 1.807) is 16.8 Å². The fourth-order valence-electron chi connectivity index (χ4n) is 3.11. The molecule has 2 aromatic rings. The van der Waals surface area contributed by atoms with Gasteiger partial charge in [0.25, 0.3) is 4.84 Å². The SMILES string of the molecule is CCOC(=O)[C@H]1CCC[NH+](Cn2nc(-c3cccc(Cl)c3)oc2=S)C1. The van der Waals surface area contributed by atoms with Crippen molar-refractivity contribution < 1.29 is 18.8 Å². The van der Waals surface area contributed by atoms with E-state index >= 15 is 0 Å². The number of likely N-dealkylation sites (tertiary alicyclic amines) is 1. The number of piperidine rings is 1. The summed E-state index contributed by atoms with van der Waals surface area (Å²) in [6.45, 7) is 4.51. The number of halogens is 1. The Morgan fingerprint density at radius 1 is 1.56 bits per heavy atom. The first-order valence-electron chi connectivity index (χ1n) is 8.41. The van der Waals surface area contributed by atoms with Gasteiger partial charge in [-0.15, -0.1) is 5.10 Å². The van der Waals surface area contributed by atoms with Crippen LogP contribution in [0, 0.1) is 10.8 Å². The van der Waals surface area contributed by atoms with Gasteiger partial charge in [0.05, 0.1) is 19.7 Å². The summed E-state index contributed by atoms with van der Waals surface area (Å²) in [5, 5.41) is 5.09. The highest BCUT2D eigenvalue weighted by molar-refractivity contribution is 7.71. The standard InChI is InChI=1S/C17H20ClN3O3S/c1-2-23-16(22)13-6-4-8-20(10-13)11-21-17(25)24-15(19-21)12-5-3-7-14(18)9-12/h3,5,7,9,13H,2,4,6,8,10-11H2,1H3/p+1/t13-/m0/s1. The second-order valence-corrected chi connectivity index (χ2v) is 6.92. The highest BCUT2D eigenvalue weighted by atomic mass is 35.5. The van der Waals surface area contributed by atoms with Gasteiger partial charge in [-0.3, -0.25) is 4.79 Å². The number of hydrogen-bond donors (Lipinski definition) is 1. The molecule has 0 aliphatic carbocycles. The molecule has 2 atom stereocenters. The Hall–Kier alpha value is -1.70. The minimum absolute atomic E-state index is 0.0582. The lowest BCUT2D eigenvalue weighted by atomic mass is 9.99. The molecule has 1 saturated heterocycles. The average Bonchev–Trinajstić information content (AvgIpc) is 2.96. The third kappa shape index (κ3) is 4.48. The van der Waals surface area contributed by atoms with Crippen molar-refractivity contribution in [2.24, 2.45) is 5.92 Å². The number of aromatic nitrogens is 2. The molecule has 25 heavy (non-hydrogen) atoms. The van der Waals surface area contributed by atoms with E-state index in [0.29, 0.717) is 29.0 Å². The van der Waals surface area contributed by atoms with E-state index in [2.05, 4.69) is 5.10 Å². The number of hydrogen-bond acceptors (Lipinski definition) is 5. The molecule has 1 unspecified atom stereocenters. The molecule has 1 aromatic heterocycles. The third-order valence-corrected chi connectivity index (χ3v) is 4.82. The van der Waals surface area contributed by atoms with Crippen LogP contribution in [0.5, 0.6) is 0 Å². The molecule has 0 radical (unpaired) electrons. The molecule has 3 rings (SSSR count). The zero-order chi connectivity index (χ0) is 17.8. The largest absolute Gasteiger partial charge is 0.466 e. The van der Waals surface area contributed by atoms with Crippen LogP contribution >= 0.6 is 23.8 Å². The number of rotatable bonds is 5. The van der Waals surface area contributed by atoms with Gasteiger partial charge < -0.3 is 14.1 Å². The number of quaternary nitrogens is 1. The smallest absolute Gasteiger partial charge is 0.314 e. The number of benzene rings is 1. The zero-order valence-electron chi connectivity index (χ0n) is 14.0. The first kappa shape index (κ1) is 18.1. The van der Waals surface area contributed by atoms with Crippen molar-refractivity contribution in [3.05, 3.63) is 34.1 Å². The van der Waals surface area contributed by atoms with Crippen LogP contribution in [0.25, 0.3) is 11.5 Å². The summed E-state index contributed by atoms with van der Waals surface area (Å²) in [6, 6.07) is 7.30. The van der Waals surface area contributed by atoms with Gasteiger partial charge in [-0.1, -0.05) is 17.7 Å². The molecule has 0 amide bonds. The maximum Gasteiger partial charge on any atom is 0.314 e. The predicted molar refractivity (Wildman–Crippen MR) is 95.8 cm³/mol. The van der Waals surface area contributed by atoms with E-state index in [-0.39, 0.29) is 11.9 Å². The summed E-state index contributed by atoms with van der Waals surface area (Å²) in [4.78, 5) is 13.5. The van der Waals surface area contributed by atoms with Crippen molar-refractivity contribution in [3.8, 4) is 11.5 Å². The summed E-state index contributed by atoms with van der Waals surface area (Å²) in [6.07, 6.45) is 1.85. The van der Waals surface area contributed by atoms with Crippen molar-refractivity contribution in [2.75, 3.05) is 19.7 Å². The fraction of sp³-hybridized carbons (Fsp3) is 0.471. The highest BCUT2D eigenvalue weighted by Crippen LogP contribution is 2.21. The summed E-state index contributed by atoms with van der Waals surface area (Å²) in [7, 11) is 0. The average molecular weight is 383 g/mol. The second-order valence-electron chi connectivity index (χ2n) is 6.14. The van der Waals surface area contributed by atoms with Crippen LogP contribution in [-0.4, -0.2) is 35.4 Å². The van der Waals surface area contributed by atoms with Gasteiger partial charge >= 0.3 is 5.97 Å². The van der Waals surface area contributed by atoms with Crippen molar-refractivity contribution in [2.45, 2.75) is 26.4 Å². The number of nitrogens with zero attached hydrogens (tertiary/aromatic N) is 2. The van der Waals surface area contributed by atoms with Gasteiger partial charge in [-0.05, 0) is 50.2 Å². The van der Waals surface area contributed by atoms with Crippen LogP contribution in [0.15, 0.2) is 28.7 Å². The lowest BCUT2D eigenvalue weighted by Crippen LogP contribution is -3.13. The lowest BCUT2D eigenvalue weighted by Gasteiger charge is -2.28. The third-order valence-electron chi connectivity index (χ3n) is 4.29. The summed E-state index contributed by atoms with van der Waals surface area (Å²) >= 11 is 11.3. The van der Waals surface area contributed by atoms with Crippen molar-refractivity contribution in [1.82, 2.24) is 9.78 Å². The Kier molecular flexibility index (Phi) is 5.88. The van der Waals surface area contributed by atoms with E-state index in [1.165, 1.54) is 4.90 Å². The van der Waals surface area contributed by atoms with E-state index < -0.39 is 0 Å². The first-order chi connectivity index (χ1) is 12.1. The molecule has 1 fully saturated rings. The number of esters is 1. The number of ether oxygens (including phenoxy) is 1. The molecular weight excluding hydrogens is 362 g/mol. The summed E-state index contributed by atoms with van der Waals surface area (Å²) in [5.74, 6) is 0.283. The number of carbonyl (C=O) groups excluding carboxylic acids is 1. The normalized spacial score (nSPS) is 20.4. The van der Waals surface area contributed by atoms with Gasteiger partial charge in [0, 0.05) is 10.6 Å². The Morgan fingerprint density at radius 2 is 2.40 bits per heavy atom. The molecule has 1 aliphatic rings. The summed E-state index contributed by atoms with van der Waals surface area (Å²) < 4.78 is 12.4. The van der Waals surface area contributed by atoms with Gasteiger partial charge in [0.15, 0.2) is 6.67 Å². The van der Waals surface area contributed by atoms with Crippen LogP contribution in [-0.2, 0) is 16.2 Å². The van der Waals surface area contributed by atoms with Crippen molar-refractivity contribution >= 4 is 29.8 Å². The predicted octanol–water partition coefficient (Wildman–Crippen LogP) is 2.34. The molecule has 1 aliphatic heterocycles. The topological polar surface area (TPSA) is 61.7 Å². The Bertz CT molecular complexity index is 804. The number of nitrogens with one attached hydrogen (secondary N) is 1. The number of carbonyl (C=O) groups is 1. The molecule has 2 heterocycles. The first-order valence-corrected chi connectivity index (χ1v) is 9.19. The van der Waals surface area contributed by atoms with E-state index in [1.807, 2.05) is 19.1 Å². The quantitative estimate of drug-likeness (QED) is 0.635. The maximum atomic E-state index is 12.0. The van der Waals surface area contributed by atoms with Gasteiger partial charge in [-0.25, -0.2) is 0 Å². The fourth-order valence-corrected chi connectivity index (χ4v) is 3.49. The van der Waals surface area contributed by atoms with Gasteiger partial charge in [0.1, 0.15) is 5.92 Å². The minimum atomic E-state index is -0.108. The van der Waals surface area contributed by atoms with Crippen LogP contribution < -0.4 is 4.90 Å². The Labute approximate surface area is 156 Å². The van der Waals surface area contributed by atoms with Crippen LogP contribution in [0.4, 0.5) is 0 Å². The van der Waals surface area contributed by atoms with Crippen LogP contribution in [0.3, 0.4) is 0 Å². The zero-order valence-corrected chi connectivity index (χ0v) is 15.6. The highest BCUT2D eigenvalue weighted by Gasteiger charge is 2.30. The van der Waals surface area contributed by atoms with Crippen LogP contribution in [0.2, 0.25) is 5.02 Å². The molecule has 0 saturated carbocycles. The Morgan fingerprint density at radius 3 is 3.16 bits per heavy atom. The maximum absolute atomic E-state index is 12.0. The second kappa shape index (κ2) is 8.12. The molecule has 0 bridgehead atoms. The molecule has 8 heteroatoms. The molecule has 6 nitrogen and oxygen atoms in total. The van der Waals surface area contributed by atoms with E-state index in [4.69, 9.17) is 33.0 Å². The van der Waals surface area contributed by atoms with Crippen LogP contribution in [0.1, 0.15) is 19.8 Å².